The predicted molar refractivity (Wildman–Crippen MR) is 172 cm³/mol. The SMILES string of the molecule is CC[C@H]1CN(c2nc(N)c(C(=O)NCCCS(C)(=O)=O)nc2Cl)CCN1C1CCN(Cc2ccc(C)cc2C(=N)N)CC1. The Hall–Kier alpha value is -3.00. The van der Waals surface area contributed by atoms with Gasteiger partial charge in [0.25, 0.3) is 5.91 Å². The molecule has 3 heterocycles. The van der Waals surface area contributed by atoms with Crippen LogP contribution in [-0.2, 0) is 16.4 Å². The van der Waals surface area contributed by atoms with Crippen LogP contribution in [0.15, 0.2) is 18.2 Å². The molecule has 0 spiro atoms. The lowest BCUT2D eigenvalue weighted by Gasteiger charge is -2.47. The molecule has 6 N–H and O–H groups in total. The lowest BCUT2D eigenvalue weighted by atomic mass is 9.97. The quantitative estimate of drug-likeness (QED) is 0.163. The smallest absolute Gasteiger partial charge is 0.273 e. The van der Waals surface area contributed by atoms with Crippen LogP contribution in [0.4, 0.5) is 11.6 Å². The molecule has 12 nitrogen and oxygen atoms in total. The van der Waals surface area contributed by atoms with Crippen molar-refractivity contribution >= 4 is 44.8 Å². The molecule has 0 aliphatic carbocycles. The molecule has 1 aromatic carbocycles. The molecule has 0 bridgehead atoms. The second-order valence-electron chi connectivity index (χ2n) is 11.6. The highest BCUT2D eigenvalue weighted by Crippen LogP contribution is 2.30. The molecular formula is C29H44ClN9O3S. The van der Waals surface area contributed by atoms with E-state index in [2.05, 4.69) is 49.0 Å². The second-order valence-corrected chi connectivity index (χ2v) is 14.3. The van der Waals surface area contributed by atoms with E-state index in [0.717, 1.165) is 74.9 Å². The number of piperidine rings is 1. The van der Waals surface area contributed by atoms with Crippen LogP contribution in [0.3, 0.4) is 0 Å². The van der Waals surface area contributed by atoms with Crippen molar-refractivity contribution in [2.45, 2.75) is 58.2 Å². The summed E-state index contributed by atoms with van der Waals surface area (Å²) in [6.07, 6.45) is 4.55. The summed E-state index contributed by atoms with van der Waals surface area (Å²) in [5.74, 6) is 0.0234. The minimum atomic E-state index is -3.10. The number of likely N-dealkylation sites (tertiary alicyclic amines) is 1. The molecule has 1 atom stereocenters. The molecule has 0 unspecified atom stereocenters. The number of carbonyl (C=O) groups excluding carboxylic acids is 1. The average molecular weight is 634 g/mol. The number of halogens is 1. The number of piperazine rings is 1. The van der Waals surface area contributed by atoms with Gasteiger partial charge in [-0.15, -0.1) is 0 Å². The molecular weight excluding hydrogens is 590 g/mol. The van der Waals surface area contributed by atoms with Gasteiger partial charge in [0.1, 0.15) is 15.7 Å². The van der Waals surface area contributed by atoms with Crippen molar-refractivity contribution in [1.82, 2.24) is 25.1 Å². The Morgan fingerprint density at radius 3 is 2.56 bits per heavy atom. The van der Waals surface area contributed by atoms with Gasteiger partial charge in [0.15, 0.2) is 22.5 Å². The Labute approximate surface area is 259 Å². The van der Waals surface area contributed by atoms with Crippen LogP contribution in [0.1, 0.15) is 59.8 Å². The van der Waals surface area contributed by atoms with E-state index in [9.17, 15) is 13.2 Å². The normalized spacial score (nSPS) is 19.0. The maximum atomic E-state index is 12.6. The summed E-state index contributed by atoms with van der Waals surface area (Å²) in [5, 5.41) is 10.7. The number of amides is 1. The standard InChI is InChI=1S/C29H44ClN9O3S/c1-4-21-18-38(28-25(30)35-24(27(33)36-28)29(40)34-10-5-15-43(3,41)42)13-14-39(21)22-8-11-37(12-9-22)17-20-7-6-19(2)16-23(20)26(31)32/h6-7,16,21-22H,4-5,8-15,17-18H2,1-3H3,(H3,31,32)(H2,33,36)(H,34,40)/t21-/m0/s1. The fourth-order valence-corrected chi connectivity index (χ4v) is 6.96. The summed E-state index contributed by atoms with van der Waals surface area (Å²) < 4.78 is 22.6. The number of aryl methyl sites for hydroxylation is 1. The number of nitrogens with zero attached hydrogens (tertiary/aromatic N) is 5. The lowest BCUT2D eigenvalue weighted by Crippen LogP contribution is -2.58. The Morgan fingerprint density at radius 2 is 1.91 bits per heavy atom. The van der Waals surface area contributed by atoms with E-state index in [-0.39, 0.29) is 34.8 Å². The third kappa shape index (κ3) is 8.55. The number of hydrogen-bond acceptors (Lipinski definition) is 10. The number of amidine groups is 1. The van der Waals surface area contributed by atoms with E-state index in [0.29, 0.717) is 30.9 Å². The highest BCUT2D eigenvalue weighted by molar-refractivity contribution is 7.90. The highest BCUT2D eigenvalue weighted by atomic mass is 35.5. The maximum Gasteiger partial charge on any atom is 0.273 e. The van der Waals surface area contributed by atoms with Gasteiger partial charge in [-0.2, -0.15) is 0 Å². The van der Waals surface area contributed by atoms with E-state index < -0.39 is 15.7 Å². The fourth-order valence-electron chi connectivity index (χ4n) is 6.04. The number of aromatic nitrogens is 2. The van der Waals surface area contributed by atoms with E-state index in [1.54, 1.807) is 0 Å². The van der Waals surface area contributed by atoms with Crippen molar-refractivity contribution in [3.63, 3.8) is 0 Å². The Kier molecular flexibility index (Phi) is 10.9. The van der Waals surface area contributed by atoms with Crippen molar-refractivity contribution in [3.05, 3.63) is 45.7 Å². The van der Waals surface area contributed by atoms with E-state index in [1.165, 1.54) is 0 Å². The maximum absolute atomic E-state index is 12.6. The van der Waals surface area contributed by atoms with Crippen molar-refractivity contribution in [1.29, 1.82) is 5.41 Å². The molecule has 43 heavy (non-hydrogen) atoms. The number of rotatable bonds is 11. The summed E-state index contributed by atoms with van der Waals surface area (Å²) in [4.78, 5) is 28.5. The zero-order chi connectivity index (χ0) is 31.3. The predicted octanol–water partition coefficient (Wildman–Crippen LogP) is 2.03. The van der Waals surface area contributed by atoms with Crippen LogP contribution in [0, 0.1) is 12.3 Å². The number of nitrogens with two attached hydrogens (primary N) is 2. The molecule has 1 aromatic heterocycles. The van der Waals surface area contributed by atoms with E-state index >= 15 is 0 Å². The van der Waals surface area contributed by atoms with Gasteiger partial charge in [-0.3, -0.25) is 20.0 Å². The van der Waals surface area contributed by atoms with Gasteiger partial charge >= 0.3 is 0 Å². The Bertz CT molecular complexity index is 1430. The molecule has 2 saturated heterocycles. The molecule has 1 amide bonds. The van der Waals surface area contributed by atoms with Crippen LogP contribution in [0.25, 0.3) is 0 Å². The minimum absolute atomic E-state index is 0.00984. The average Bonchev–Trinajstić information content (AvgIpc) is 2.96. The molecule has 14 heteroatoms. The van der Waals surface area contributed by atoms with Gasteiger partial charge in [0.2, 0.25) is 0 Å². The van der Waals surface area contributed by atoms with Gasteiger partial charge in [-0.05, 0) is 57.3 Å². The molecule has 2 aliphatic rings. The number of sulfone groups is 1. The lowest BCUT2D eigenvalue weighted by molar-refractivity contribution is 0.0610. The first-order valence-corrected chi connectivity index (χ1v) is 17.3. The minimum Gasteiger partial charge on any atom is -0.384 e. The number of hydrogen-bond donors (Lipinski definition) is 4. The number of carbonyl (C=O) groups is 1. The molecule has 4 rings (SSSR count). The second kappa shape index (κ2) is 14.2. The third-order valence-corrected chi connectivity index (χ3v) is 9.61. The number of anilines is 2. The molecule has 0 saturated carbocycles. The highest BCUT2D eigenvalue weighted by Gasteiger charge is 2.34. The van der Waals surface area contributed by atoms with Crippen molar-refractivity contribution < 1.29 is 13.2 Å². The number of nitrogen functional groups attached to an aromatic ring is 2. The van der Waals surface area contributed by atoms with Crippen molar-refractivity contribution in [3.8, 4) is 0 Å². The first kappa shape index (κ1) is 32.9. The topological polar surface area (TPSA) is 175 Å². The summed E-state index contributed by atoms with van der Waals surface area (Å²) >= 11 is 6.53. The van der Waals surface area contributed by atoms with Crippen LogP contribution in [-0.4, -0.2) is 103 Å². The molecule has 2 aliphatic heterocycles. The number of benzene rings is 1. The Morgan fingerprint density at radius 1 is 1.19 bits per heavy atom. The summed E-state index contributed by atoms with van der Waals surface area (Å²) in [6.45, 7) is 9.45. The largest absolute Gasteiger partial charge is 0.384 e. The van der Waals surface area contributed by atoms with Crippen LogP contribution in [0.2, 0.25) is 5.15 Å². The van der Waals surface area contributed by atoms with E-state index in [1.807, 2.05) is 13.0 Å². The van der Waals surface area contributed by atoms with Gasteiger partial charge in [-0.25, -0.2) is 18.4 Å². The van der Waals surface area contributed by atoms with Gasteiger partial charge in [0.05, 0.1) is 5.75 Å². The number of nitrogens with one attached hydrogen (secondary N) is 2. The molecule has 2 aromatic rings. The van der Waals surface area contributed by atoms with Crippen molar-refractivity contribution in [2.24, 2.45) is 5.73 Å². The third-order valence-electron chi connectivity index (χ3n) is 8.33. The molecule has 0 radical (unpaired) electrons. The van der Waals surface area contributed by atoms with Crippen LogP contribution < -0.4 is 21.7 Å². The summed E-state index contributed by atoms with van der Waals surface area (Å²) in [6, 6.07) is 6.95. The molecule has 236 valence electrons. The van der Waals surface area contributed by atoms with Gasteiger partial charge in [0, 0.05) is 56.6 Å². The first-order chi connectivity index (χ1) is 20.4. The monoisotopic (exact) mass is 633 g/mol. The summed E-state index contributed by atoms with van der Waals surface area (Å²) in [7, 11) is -3.10. The fraction of sp³-hybridized carbons (Fsp3) is 0.586. The zero-order valence-corrected chi connectivity index (χ0v) is 26.8. The Balaban J connectivity index is 1.33. The van der Waals surface area contributed by atoms with Crippen LogP contribution in [0.5, 0.6) is 0 Å². The van der Waals surface area contributed by atoms with E-state index in [4.69, 9.17) is 28.5 Å². The molecule has 2 fully saturated rings. The van der Waals surface area contributed by atoms with Crippen LogP contribution >= 0.6 is 11.6 Å². The zero-order valence-electron chi connectivity index (χ0n) is 25.3. The summed E-state index contributed by atoms with van der Waals surface area (Å²) in [5.41, 5.74) is 15.0. The first-order valence-electron chi connectivity index (χ1n) is 14.8. The van der Waals surface area contributed by atoms with Gasteiger partial charge in [-0.1, -0.05) is 36.2 Å². The van der Waals surface area contributed by atoms with Crippen molar-refractivity contribution in [2.75, 3.05) is 61.9 Å². The van der Waals surface area contributed by atoms with Gasteiger partial charge < -0.3 is 21.7 Å².